The van der Waals surface area contributed by atoms with E-state index in [0.717, 1.165) is 16.3 Å². The Morgan fingerprint density at radius 1 is 0.921 bits per heavy atom. The van der Waals surface area contributed by atoms with Gasteiger partial charge in [0.05, 0.1) is 20.6 Å². The van der Waals surface area contributed by atoms with Gasteiger partial charge >= 0.3 is 0 Å². The fourth-order valence-electron chi connectivity index (χ4n) is 3.68. The van der Waals surface area contributed by atoms with Crippen LogP contribution in [0.2, 0.25) is 15.1 Å². The van der Waals surface area contributed by atoms with Crippen molar-refractivity contribution in [3.05, 3.63) is 93.4 Å². The van der Waals surface area contributed by atoms with Crippen molar-refractivity contribution < 1.29 is 18.0 Å². The highest BCUT2D eigenvalue weighted by molar-refractivity contribution is 7.92. The minimum atomic E-state index is -4.24. The molecule has 0 saturated carbocycles. The van der Waals surface area contributed by atoms with Crippen LogP contribution in [-0.2, 0) is 26.2 Å². The third-order valence-electron chi connectivity index (χ3n) is 5.79. The van der Waals surface area contributed by atoms with Gasteiger partial charge in [0, 0.05) is 18.1 Å². The van der Waals surface area contributed by atoms with E-state index in [4.69, 9.17) is 34.8 Å². The second-order valence-electron chi connectivity index (χ2n) is 8.51. The second-order valence-corrected chi connectivity index (χ2v) is 11.6. The number of benzene rings is 3. The van der Waals surface area contributed by atoms with Gasteiger partial charge in [-0.1, -0.05) is 78.1 Å². The largest absolute Gasteiger partial charge is 0.354 e. The van der Waals surface area contributed by atoms with Crippen LogP contribution < -0.4 is 9.62 Å². The molecule has 0 saturated heterocycles. The van der Waals surface area contributed by atoms with Crippen LogP contribution in [0.4, 0.5) is 5.69 Å². The molecule has 1 atom stereocenters. The summed E-state index contributed by atoms with van der Waals surface area (Å²) in [6, 6.07) is 18.2. The zero-order chi connectivity index (χ0) is 27.9. The van der Waals surface area contributed by atoms with Crippen LogP contribution >= 0.6 is 34.8 Å². The van der Waals surface area contributed by atoms with Crippen molar-refractivity contribution in [3.8, 4) is 0 Å². The van der Waals surface area contributed by atoms with Gasteiger partial charge in [-0.25, -0.2) is 8.42 Å². The third-order valence-corrected chi connectivity index (χ3v) is 8.63. The Morgan fingerprint density at radius 2 is 1.58 bits per heavy atom. The Morgan fingerprint density at radius 3 is 2.21 bits per heavy atom. The quantitative estimate of drug-likeness (QED) is 0.304. The van der Waals surface area contributed by atoms with Gasteiger partial charge in [-0.2, -0.15) is 0 Å². The molecule has 3 aromatic carbocycles. The first kappa shape index (κ1) is 29.8. The summed E-state index contributed by atoms with van der Waals surface area (Å²) < 4.78 is 28.4. The number of carbonyl (C=O) groups excluding carboxylic acids is 2. The van der Waals surface area contributed by atoms with Gasteiger partial charge in [0.25, 0.3) is 10.0 Å². The fourth-order valence-corrected chi connectivity index (χ4v) is 5.70. The summed E-state index contributed by atoms with van der Waals surface area (Å²) in [6.07, 6.45) is 0.722. The number of sulfonamides is 1. The van der Waals surface area contributed by atoms with Crippen LogP contribution in [0.1, 0.15) is 25.8 Å². The highest BCUT2D eigenvalue weighted by Gasteiger charge is 2.33. The van der Waals surface area contributed by atoms with Gasteiger partial charge in [0.15, 0.2) is 0 Å². The lowest BCUT2D eigenvalue weighted by atomic mass is 10.1. The number of nitrogens with one attached hydrogen (secondary N) is 1. The number of nitrogens with zero attached hydrogens (tertiary/aromatic N) is 2. The molecule has 0 aliphatic rings. The molecule has 3 aromatic rings. The minimum Gasteiger partial charge on any atom is -0.354 e. The molecule has 0 aliphatic carbocycles. The maximum atomic E-state index is 13.8. The molecule has 2 amide bonds. The predicted octanol–water partition coefficient (Wildman–Crippen LogP) is 5.79. The molecule has 0 aromatic heterocycles. The molecule has 0 unspecified atom stereocenters. The molecule has 3 rings (SSSR count). The molecule has 0 fully saturated rings. The first-order chi connectivity index (χ1) is 18.1. The van der Waals surface area contributed by atoms with E-state index in [2.05, 4.69) is 5.32 Å². The number of anilines is 1. The van der Waals surface area contributed by atoms with E-state index in [1.54, 1.807) is 55.5 Å². The predicted molar refractivity (Wildman–Crippen MR) is 152 cm³/mol. The maximum Gasteiger partial charge on any atom is 0.264 e. The van der Waals surface area contributed by atoms with Gasteiger partial charge in [-0.3, -0.25) is 13.9 Å². The smallest absolute Gasteiger partial charge is 0.264 e. The molecule has 0 heterocycles. The number of halogens is 3. The number of hydrogen-bond acceptors (Lipinski definition) is 4. The Hall–Kier alpha value is -2.78. The van der Waals surface area contributed by atoms with Crippen molar-refractivity contribution in [1.82, 2.24) is 10.2 Å². The lowest BCUT2D eigenvalue weighted by Gasteiger charge is -2.32. The van der Waals surface area contributed by atoms with Gasteiger partial charge in [-0.05, 0) is 55.3 Å². The molecule has 0 bridgehead atoms. The van der Waals surface area contributed by atoms with Crippen LogP contribution in [0.3, 0.4) is 0 Å². The summed E-state index contributed by atoms with van der Waals surface area (Å²) in [4.78, 5) is 28.0. The molecule has 0 radical (unpaired) electrons. The fraction of sp³-hybridized carbons (Fsp3) is 0.259. The average molecular weight is 597 g/mol. The van der Waals surface area contributed by atoms with E-state index in [1.165, 1.54) is 29.2 Å². The first-order valence-electron chi connectivity index (χ1n) is 11.9. The number of amides is 2. The molecule has 0 spiro atoms. The summed E-state index contributed by atoms with van der Waals surface area (Å²) in [5, 5.41) is 3.44. The Balaban J connectivity index is 2.04. The SMILES string of the molecule is CCCNC(=O)[C@H](C)N(Cc1ccc(Cl)cc1)C(=O)CN(c1cccc(Cl)c1Cl)S(=O)(=O)c1ccccc1. The monoisotopic (exact) mass is 595 g/mol. The van der Waals surface area contributed by atoms with Gasteiger partial charge < -0.3 is 10.2 Å². The molecule has 0 aliphatic heterocycles. The van der Waals surface area contributed by atoms with E-state index in [-0.39, 0.29) is 33.1 Å². The Bertz CT molecular complexity index is 1370. The summed E-state index contributed by atoms with van der Waals surface area (Å²) in [6.45, 7) is 3.40. The molecular weight excluding hydrogens is 569 g/mol. The van der Waals surface area contributed by atoms with Crippen molar-refractivity contribution in [2.75, 3.05) is 17.4 Å². The van der Waals surface area contributed by atoms with Gasteiger partial charge in [0.2, 0.25) is 11.8 Å². The van der Waals surface area contributed by atoms with Crippen molar-refractivity contribution in [3.63, 3.8) is 0 Å². The zero-order valence-electron chi connectivity index (χ0n) is 20.9. The number of rotatable bonds is 11. The highest BCUT2D eigenvalue weighted by Crippen LogP contribution is 2.35. The summed E-state index contributed by atoms with van der Waals surface area (Å²) >= 11 is 18.6. The van der Waals surface area contributed by atoms with Gasteiger partial charge in [0.1, 0.15) is 12.6 Å². The Kier molecular flexibility index (Phi) is 10.4. The van der Waals surface area contributed by atoms with Crippen LogP contribution in [0, 0.1) is 0 Å². The number of hydrogen-bond donors (Lipinski definition) is 1. The van der Waals surface area contributed by atoms with Gasteiger partial charge in [-0.15, -0.1) is 0 Å². The maximum absolute atomic E-state index is 13.8. The summed E-state index contributed by atoms with van der Waals surface area (Å²) in [5.41, 5.74) is 0.766. The summed E-state index contributed by atoms with van der Waals surface area (Å²) in [5.74, 6) is -0.956. The van der Waals surface area contributed by atoms with E-state index < -0.39 is 28.5 Å². The molecule has 1 N–H and O–H groups in total. The van der Waals surface area contributed by atoms with Crippen LogP contribution in [0.15, 0.2) is 77.7 Å². The third kappa shape index (κ3) is 7.20. The average Bonchev–Trinajstić information content (AvgIpc) is 2.91. The number of carbonyl (C=O) groups is 2. The first-order valence-corrected chi connectivity index (χ1v) is 14.5. The summed E-state index contributed by atoms with van der Waals surface area (Å²) in [7, 11) is -4.24. The lowest BCUT2D eigenvalue weighted by molar-refractivity contribution is -0.139. The zero-order valence-corrected chi connectivity index (χ0v) is 24.0. The molecular formula is C27H28Cl3N3O4S. The van der Waals surface area contributed by atoms with E-state index >= 15 is 0 Å². The highest BCUT2D eigenvalue weighted by atomic mass is 35.5. The molecule has 202 valence electrons. The second kappa shape index (κ2) is 13.3. The molecule has 7 nitrogen and oxygen atoms in total. The van der Waals surface area contributed by atoms with E-state index in [0.29, 0.717) is 11.6 Å². The van der Waals surface area contributed by atoms with Crippen molar-refractivity contribution in [2.24, 2.45) is 0 Å². The van der Waals surface area contributed by atoms with Crippen molar-refractivity contribution in [2.45, 2.75) is 37.8 Å². The standard InChI is InChI=1S/C27H28Cl3N3O4S/c1-3-16-31-27(35)19(2)32(17-20-12-14-21(28)15-13-20)25(34)18-33(24-11-7-10-23(29)26(24)30)38(36,37)22-8-5-4-6-9-22/h4-15,19H,3,16-18H2,1-2H3,(H,31,35)/t19-/m0/s1. The van der Waals surface area contributed by atoms with Crippen molar-refractivity contribution in [1.29, 1.82) is 0 Å². The molecule has 11 heteroatoms. The van der Waals surface area contributed by atoms with Crippen molar-refractivity contribution >= 4 is 62.3 Å². The van der Waals surface area contributed by atoms with Crippen LogP contribution in [-0.4, -0.2) is 44.3 Å². The topological polar surface area (TPSA) is 86.8 Å². The van der Waals surface area contributed by atoms with Crippen LogP contribution in [0.25, 0.3) is 0 Å². The van der Waals surface area contributed by atoms with E-state index in [1.807, 2.05) is 6.92 Å². The minimum absolute atomic E-state index is 0.0144. The van der Waals surface area contributed by atoms with E-state index in [9.17, 15) is 18.0 Å². The Labute approximate surface area is 238 Å². The lowest BCUT2D eigenvalue weighted by Crippen LogP contribution is -2.51. The normalized spacial score (nSPS) is 12.0. The van der Waals surface area contributed by atoms with Crippen LogP contribution in [0.5, 0.6) is 0 Å². The molecule has 38 heavy (non-hydrogen) atoms.